The number of amides is 1. The molecule has 1 heterocycles. The van der Waals surface area contributed by atoms with Gasteiger partial charge in [-0.05, 0) is 55.6 Å². The van der Waals surface area contributed by atoms with Crippen LogP contribution in [0.1, 0.15) is 20.8 Å². The van der Waals surface area contributed by atoms with E-state index in [4.69, 9.17) is 0 Å². The van der Waals surface area contributed by atoms with Crippen LogP contribution in [0.3, 0.4) is 0 Å². The van der Waals surface area contributed by atoms with E-state index in [0.29, 0.717) is 0 Å². The van der Waals surface area contributed by atoms with Gasteiger partial charge >= 0.3 is 0 Å². The predicted molar refractivity (Wildman–Crippen MR) is 114 cm³/mol. The van der Waals surface area contributed by atoms with Crippen molar-refractivity contribution in [1.82, 2.24) is 4.90 Å². The second kappa shape index (κ2) is 8.01. The molecule has 2 aromatic carbocycles. The summed E-state index contributed by atoms with van der Waals surface area (Å²) >= 11 is 0. The molecule has 0 spiro atoms. The third-order valence-electron chi connectivity index (χ3n) is 4.85. The van der Waals surface area contributed by atoms with E-state index in [-0.39, 0.29) is 5.91 Å². The maximum Gasteiger partial charge on any atom is 0.229 e. The largest absolute Gasteiger partial charge is 0.369 e. The van der Waals surface area contributed by atoms with Crippen molar-refractivity contribution >= 4 is 28.7 Å². The summed E-state index contributed by atoms with van der Waals surface area (Å²) in [4.78, 5) is 16.8. The van der Waals surface area contributed by atoms with E-state index in [1.807, 2.05) is 45.0 Å². The van der Waals surface area contributed by atoms with Crippen molar-refractivity contribution in [3.63, 3.8) is 0 Å². The first-order chi connectivity index (χ1) is 12.8. The van der Waals surface area contributed by atoms with E-state index in [0.717, 1.165) is 43.2 Å². The molecule has 0 unspecified atom stereocenters. The minimum atomic E-state index is -0.400. The summed E-state index contributed by atoms with van der Waals surface area (Å²) in [7, 11) is 2.17. The smallest absolute Gasteiger partial charge is 0.229 e. The van der Waals surface area contributed by atoms with Crippen LogP contribution in [0.15, 0.2) is 48.5 Å². The van der Waals surface area contributed by atoms with Gasteiger partial charge in [0.1, 0.15) is 0 Å². The number of hydrogen-bond donors (Lipinski definition) is 2. The molecule has 3 rings (SSSR count). The molecule has 2 aromatic rings. The summed E-state index contributed by atoms with van der Waals surface area (Å²) in [5, 5.41) is 6.36. The highest BCUT2D eigenvalue weighted by Gasteiger charge is 2.21. The van der Waals surface area contributed by atoms with Crippen molar-refractivity contribution in [1.29, 1.82) is 0 Å². The molecule has 0 bridgehead atoms. The highest BCUT2D eigenvalue weighted by Crippen LogP contribution is 2.24. The van der Waals surface area contributed by atoms with Crippen LogP contribution in [0.5, 0.6) is 0 Å². The molecule has 144 valence electrons. The fourth-order valence-electron chi connectivity index (χ4n) is 2.94. The van der Waals surface area contributed by atoms with E-state index in [1.165, 1.54) is 5.69 Å². The Balaban J connectivity index is 1.58. The van der Waals surface area contributed by atoms with Crippen LogP contribution in [0, 0.1) is 5.41 Å². The molecule has 1 amide bonds. The minimum absolute atomic E-state index is 0.0164. The van der Waals surface area contributed by atoms with E-state index < -0.39 is 5.41 Å². The summed E-state index contributed by atoms with van der Waals surface area (Å²) in [5.41, 5.74) is 3.73. The van der Waals surface area contributed by atoms with Gasteiger partial charge in [0.15, 0.2) is 0 Å². The molecular formula is C22H30N4O. The monoisotopic (exact) mass is 366 g/mol. The van der Waals surface area contributed by atoms with Gasteiger partial charge in [-0.3, -0.25) is 4.79 Å². The van der Waals surface area contributed by atoms with Crippen molar-refractivity contribution in [2.75, 3.05) is 48.8 Å². The Morgan fingerprint density at radius 2 is 1.30 bits per heavy atom. The van der Waals surface area contributed by atoms with Crippen LogP contribution in [0.25, 0.3) is 0 Å². The Morgan fingerprint density at radius 3 is 1.81 bits per heavy atom. The normalized spacial score (nSPS) is 15.5. The van der Waals surface area contributed by atoms with Gasteiger partial charge in [-0.25, -0.2) is 0 Å². The van der Waals surface area contributed by atoms with E-state index in [2.05, 4.69) is 51.7 Å². The quantitative estimate of drug-likeness (QED) is 0.853. The molecule has 1 fully saturated rings. The number of anilines is 4. The van der Waals surface area contributed by atoms with Crippen LogP contribution in [0.2, 0.25) is 0 Å². The van der Waals surface area contributed by atoms with Gasteiger partial charge < -0.3 is 20.4 Å². The second-order valence-corrected chi connectivity index (χ2v) is 8.24. The number of carbonyl (C=O) groups excluding carboxylic acids is 1. The number of carbonyl (C=O) groups is 1. The first-order valence-corrected chi connectivity index (χ1v) is 9.53. The second-order valence-electron chi connectivity index (χ2n) is 8.24. The van der Waals surface area contributed by atoms with Gasteiger partial charge in [-0.15, -0.1) is 0 Å². The molecule has 0 aliphatic carbocycles. The number of nitrogens with zero attached hydrogens (tertiary/aromatic N) is 2. The van der Waals surface area contributed by atoms with Crippen LogP contribution in [-0.2, 0) is 4.79 Å². The molecule has 0 atom stereocenters. The van der Waals surface area contributed by atoms with Gasteiger partial charge in [-0.1, -0.05) is 20.8 Å². The van der Waals surface area contributed by atoms with Crippen molar-refractivity contribution in [2.24, 2.45) is 5.41 Å². The zero-order chi connectivity index (χ0) is 19.4. The van der Waals surface area contributed by atoms with Crippen molar-refractivity contribution in [3.8, 4) is 0 Å². The van der Waals surface area contributed by atoms with Gasteiger partial charge in [0.25, 0.3) is 0 Å². The Bertz CT molecular complexity index is 754. The first-order valence-electron chi connectivity index (χ1n) is 9.53. The lowest BCUT2D eigenvalue weighted by Crippen LogP contribution is -2.44. The third-order valence-corrected chi connectivity index (χ3v) is 4.85. The third kappa shape index (κ3) is 5.23. The van der Waals surface area contributed by atoms with E-state index in [9.17, 15) is 4.79 Å². The zero-order valence-corrected chi connectivity index (χ0v) is 16.7. The fourth-order valence-corrected chi connectivity index (χ4v) is 2.94. The highest BCUT2D eigenvalue weighted by atomic mass is 16.2. The lowest BCUT2D eigenvalue weighted by Gasteiger charge is -2.34. The van der Waals surface area contributed by atoms with Gasteiger partial charge in [0.05, 0.1) is 0 Å². The van der Waals surface area contributed by atoms with Crippen molar-refractivity contribution in [2.45, 2.75) is 20.8 Å². The maximum atomic E-state index is 12.1. The molecule has 2 N–H and O–H groups in total. The fraction of sp³-hybridized carbons (Fsp3) is 0.409. The van der Waals surface area contributed by atoms with Crippen molar-refractivity contribution < 1.29 is 4.79 Å². The van der Waals surface area contributed by atoms with Crippen LogP contribution in [-0.4, -0.2) is 44.0 Å². The number of hydrogen-bond acceptors (Lipinski definition) is 4. The SMILES string of the molecule is CN1CCN(c2ccc(Nc3ccc(NC(=O)C(C)(C)C)cc3)cc2)CC1. The van der Waals surface area contributed by atoms with E-state index >= 15 is 0 Å². The standard InChI is InChI=1S/C22H30N4O/c1-22(2,3)21(27)24-19-7-5-17(6-8-19)23-18-9-11-20(12-10-18)26-15-13-25(4)14-16-26/h5-12,23H,13-16H2,1-4H3,(H,24,27). The average Bonchev–Trinajstić information content (AvgIpc) is 2.64. The Kier molecular flexibility index (Phi) is 5.71. The van der Waals surface area contributed by atoms with Crippen LogP contribution in [0.4, 0.5) is 22.7 Å². The maximum absolute atomic E-state index is 12.1. The Labute approximate surface area is 162 Å². The number of rotatable bonds is 4. The number of nitrogens with one attached hydrogen (secondary N) is 2. The highest BCUT2D eigenvalue weighted by molar-refractivity contribution is 5.94. The molecule has 1 aliphatic heterocycles. The number of likely N-dealkylation sites (N-methyl/N-ethyl adjacent to an activating group) is 1. The van der Waals surface area contributed by atoms with E-state index in [1.54, 1.807) is 0 Å². The molecule has 1 saturated heterocycles. The van der Waals surface area contributed by atoms with Crippen molar-refractivity contribution in [3.05, 3.63) is 48.5 Å². The Hall–Kier alpha value is -2.53. The molecule has 0 aromatic heterocycles. The predicted octanol–water partition coefficient (Wildman–Crippen LogP) is 4.17. The minimum Gasteiger partial charge on any atom is -0.369 e. The molecule has 1 aliphatic rings. The Morgan fingerprint density at radius 1 is 0.815 bits per heavy atom. The average molecular weight is 367 g/mol. The zero-order valence-electron chi connectivity index (χ0n) is 16.7. The lowest BCUT2D eigenvalue weighted by molar-refractivity contribution is -0.123. The molecule has 0 radical (unpaired) electrons. The molecule has 0 saturated carbocycles. The topological polar surface area (TPSA) is 47.6 Å². The summed E-state index contributed by atoms with van der Waals surface area (Å²) in [5.74, 6) is 0.0164. The van der Waals surface area contributed by atoms with Crippen LogP contribution >= 0.6 is 0 Å². The molecule has 5 nitrogen and oxygen atoms in total. The van der Waals surface area contributed by atoms with Gasteiger partial charge in [-0.2, -0.15) is 0 Å². The van der Waals surface area contributed by atoms with Gasteiger partial charge in [0.2, 0.25) is 5.91 Å². The van der Waals surface area contributed by atoms with Crippen LogP contribution < -0.4 is 15.5 Å². The molecule has 27 heavy (non-hydrogen) atoms. The molecule has 5 heteroatoms. The van der Waals surface area contributed by atoms with Gasteiger partial charge in [0, 0.05) is 54.3 Å². The number of piperazine rings is 1. The molecular weight excluding hydrogens is 336 g/mol. The lowest BCUT2D eigenvalue weighted by atomic mass is 9.95. The number of benzene rings is 2. The summed E-state index contributed by atoms with van der Waals surface area (Å²) in [6.07, 6.45) is 0. The summed E-state index contributed by atoms with van der Waals surface area (Å²) in [6, 6.07) is 16.4. The first kappa shape index (κ1) is 19.2. The summed E-state index contributed by atoms with van der Waals surface area (Å²) < 4.78 is 0. The summed E-state index contributed by atoms with van der Waals surface area (Å²) in [6.45, 7) is 10.1.